The molecule has 1 aliphatic carbocycles. The van der Waals surface area contributed by atoms with E-state index in [1.54, 1.807) is 6.21 Å². The number of hydrogen-bond donors (Lipinski definition) is 0. The topological polar surface area (TPSA) is 21.6 Å². The van der Waals surface area contributed by atoms with E-state index in [1.165, 1.54) is 32.1 Å². The van der Waals surface area contributed by atoms with Gasteiger partial charge in [-0.3, -0.25) is 0 Å². The number of rotatable bonds is 3. The molecule has 2 heteroatoms. The molecule has 0 heterocycles. The highest BCUT2D eigenvalue weighted by molar-refractivity contribution is 5.52. The zero-order chi connectivity index (χ0) is 7.94. The van der Waals surface area contributed by atoms with Crippen LogP contribution >= 0.6 is 0 Å². The van der Waals surface area contributed by atoms with E-state index in [-0.39, 0.29) is 0 Å². The molecule has 1 rings (SSSR count). The standard InChI is InChI=1S/C9H17NO/c1-2-10-11-8-9-6-4-3-5-7-9/h2,9H,3-8H2,1H3. The summed E-state index contributed by atoms with van der Waals surface area (Å²) >= 11 is 0. The molecule has 1 aliphatic rings. The Kier molecular flexibility index (Phi) is 4.02. The van der Waals surface area contributed by atoms with Gasteiger partial charge in [-0.25, -0.2) is 0 Å². The van der Waals surface area contributed by atoms with Crippen LogP contribution in [0.25, 0.3) is 0 Å². The van der Waals surface area contributed by atoms with Gasteiger partial charge in [-0.05, 0) is 25.7 Å². The smallest absolute Gasteiger partial charge is 0.120 e. The zero-order valence-corrected chi connectivity index (χ0v) is 7.25. The van der Waals surface area contributed by atoms with Crippen LogP contribution < -0.4 is 0 Å². The SMILES string of the molecule is CC=NOCC1CCCCC1. The van der Waals surface area contributed by atoms with Crippen molar-refractivity contribution < 1.29 is 4.84 Å². The summed E-state index contributed by atoms with van der Waals surface area (Å²) in [4.78, 5) is 5.09. The van der Waals surface area contributed by atoms with E-state index in [1.807, 2.05) is 6.92 Å². The van der Waals surface area contributed by atoms with Gasteiger partial charge in [0, 0.05) is 6.21 Å². The molecular weight excluding hydrogens is 138 g/mol. The van der Waals surface area contributed by atoms with Gasteiger partial charge in [-0.2, -0.15) is 0 Å². The van der Waals surface area contributed by atoms with Crippen LogP contribution in [0.1, 0.15) is 39.0 Å². The number of nitrogens with zero attached hydrogens (tertiary/aromatic N) is 1. The van der Waals surface area contributed by atoms with Gasteiger partial charge in [0.2, 0.25) is 0 Å². The molecule has 0 aromatic heterocycles. The second kappa shape index (κ2) is 5.16. The van der Waals surface area contributed by atoms with Crippen molar-refractivity contribution in [2.75, 3.05) is 6.61 Å². The maximum atomic E-state index is 5.09. The van der Waals surface area contributed by atoms with Gasteiger partial charge in [-0.15, -0.1) is 0 Å². The molecule has 1 fully saturated rings. The minimum atomic E-state index is 0.771. The van der Waals surface area contributed by atoms with Gasteiger partial charge in [0.1, 0.15) is 6.61 Å². The van der Waals surface area contributed by atoms with Gasteiger partial charge in [0.25, 0.3) is 0 Å². The van der Waals surface area contributed by atoms with Crippen molar-refractivity contribution in [3.05, 3.63) is 0 Å². The fourth-order valence-electron chi connectivity index (χ4n) is 1.58. The highest BCUT2D eigenvalue weighted by Gasteiger charge is 2.13. The molecule has 0 N–H and O–H groups in total. The first-order chi connectivity index (χ1) is 5.43. The Balaban J connectivity index is 2.04. The molecule has 0 unspecified atom stereocenters. The molecule has 0 radical (unpaired) electrons. The molecule has 11 heavy (non-hydrogen) atoms. The lowest BCUT2D eigenvalue weighted by Crippen LogP contribution is -2.11. The molecule has 2 nitrogen and oxygen atoms in total. The third kappa shape index (κ3) is 3.40. The van der Waals surface area contributed by atoms with Crippen LogP contribution in [0.2, 0.25) is 0 Å². The maximum Gasteiger partial charge on any atom is 0.120 e. The van der Waals surface area contributed by atoms with Crippen LogP contribution in [-0.2, 0) is 4.84 Å². The lowest BCUT2D eigenvalue weighted by molar-refractivity contribution is 0.0926. The third-order valence-corrected chi connectivity index (χ3v) is 2.21. The predicted octanol–water partition coefficient (Wildman–Crippen LogP) is 2.59. The van der Waals surface area contributed by atoms with Crippen molar-refractivity contribution >= 4 is 6.21 Å². The van der Waals surface area contributed by atoms with Crippen molar-refractivity contribution in [3.63, 3.8) is 0 Å². The van der Waals surface area contributed by atoms with Crippen LogP contribution in [0.4, 0.5) is 0 Å². The summed E-state index contributed by atoms with van der Waals surface area (Å²) in [6.45, 7) is 2.70. The average molecular weight is 155 g/mol. The van der Waals surface area contributed by atoms with Crippen LogP contribution in [0.5, 0.6) is 0 Å². The Morgan fingerprint density at radius 1 is 1.36 bits per heavy atom. The Hall–Kier alpha value is -0.530. The Bertz CT molecular complexity index is 117. The van der Waals surface area contributed by atoms with Crippen LogP contribution in [-0.4, -0.2) is 12.8 Å². The summed E-state index contributed by atoms with van der Waals surface area (Å²) < 4.78 is 0. The minimum absolute atomic E-state index is 0.771. The van der Waals surface area contributed by atoms with Gasteiger partial charge in [0.05, 0.1) is 0 Å². The Labute approximate surface area is 68.6 Å². The molecule has 0 atom stereocenters. The van der Waals surface area contributed by atoms with E-state index < -0.39 is 0 Å². The molecule has 0 aromatic rings. The van der Waals surface area contributed by atoms with Gasteiger partial charge >= 0.3 is 0 Å². The summed E-state index contributed by atoms with van der Waals surface area (Å²) in [5.74, 6) is 0.771. The second-order valence-electron chi connectivity index (χ2n) is 3.16. The minimum Gasteiger partial charge on any atom is -0.396 e. The Morgan fingerprint density at radius 2 is 2.09 bits per heavy atom. The Morgan fingerprint density at radius 3 is 2.73 bits per heavy atom. The summed E-state index contributed by atoms with van der Waals surface area (Å²) in [7, 11) is 0. The van der Waals surface area contributed by atoms with Crippen LogP contribution in [0.15, 0.2) is 5.16 Å². The fourth-order valence-corrected chi connectivity index (χ4v) is 1.58. The largest absolute Gasteiger partial charge is 0.396 e. The highest BCUT2D eigenvalue weighted by atomic mass is 16.6. The normalized spacial score (nSPS) is 20.8. The van der Waals surface area contributed by atoms with Crippen molar-refractivity contribution in [1.29, 1.82) is 0 Å². The summed E-state index contributed by atoms with van der Waals surface area (Å²) in [5, 5.41) is 3.74. The molecule has 0 aromatic carbocycles. The van der Waals surface area contributed by atoms with Gasteiger partial charge in [-0.1, -0.05) is 24.4 Å². The molecular formula is C9H17NO. The van der Waals surface area contributed by atoms with Crippen molar-refractivity contribution in [3.8, 4) is 0 Å². The van der Waals surface area contributed by atoms with E-state index in [4.69, 9.17) is 4.84 Å². The first-order valence-corrected chi connectivity index (χ1v) is 4.53. The molecule has 0 amide bonds. The number of hydrogen-bond acceptors (Lipinski definition) is 2. The van der Waals surface area contributed by atoms with E-state index in [2.05, 4.69) is 5.16 Å². The molecule has 0 saturated heterocycles. The fraction of sp³-hybridized carbons (Fsp3) is 0.889. The maximum absolute atomic E-state index is 5.09. The van der Waals surface area contributed by atoms with Crippen molar-refractivity contribution in [2.24, 2.45) is 11.1 Å². The summed E-state index contributed by atoms with van der Waals surface area (Å²) in [5.41, 5.74) is 0. The van der Waals surface area contributed by atoms with E-state index >= 15 is 0 Å². The van der Waals surface area contributed by atoms with Crippen molar-refractivity contribution in [2.45, 2.75) is 39.0 Å². The van der Waals surface area contributed by atoms with Crippen LogP contribution in [0, 0.1) is 5.92 Å². The third-order valence-electron chi connectivity index (χ3n) is 2.21. The lowest BCUT2D eigenvalue weighted by atomic mass is 9.90. The van der Waals surface area contributed by atoms with Crippen molar-refractivity contribution in [1.82, 2.24) is 0 Å². The van der Waals surface area contributed by atoms with Gasteiger partial charge < -0.3 is 4.84 Å². The van der Waals surface area contributed by atoms with E-state index in [0.29, 0.717) is 0 Å². The quantitative estimate of drug-likeness (QED) is 0.453. The highest BCUT2D eigenvalue weighted by Crippen LogP contribution is 2.23. The van der Waals surface area contributed by atoms with Crippen LogP contribution in [0.3, 0.4) is 0 Å². The average Bonchev–Trinajstić information content (AvgIpc) is 2.07. The van der Waals surface area contributed by atoms with Gasteiger partial charge in [0.15, 0.2) is 0 Å². The zero-order valence-electron chi connectivity index (χ0n) is 7.25. The predicted molar refractivity (Wildman–Crippen MR) is 46.7 cm³/mol. The lowest BCUT2D eigenvalue weighted by Gasteiger charge is -2.19. The first-order valence-electron chi connectivity index (χ1n) is 4.53. The number of oxime groups is 1. The molecule has 0 bridgehead atoms. The summed E-state index contributed by atoms with van der Waals surface area (Å²) in [6, 6.07) is 0. The molecule has 0 spiro atoms. The second-order valence-corrected chi connectivity index (χ2v) is 3.16. The monoisotopic (exact) mass is 155 g/mol. The van der Waals surface area contributed by atoms with E-state index in [9.17, 15) is 0 Å². The molecule has 64 valence electrons. The first kappa shape index (κ1) is 8.57. The molecule has 1 saturated carbocycles. The summed E-state index contributed by atoms with van der Waals surface area (Å²) in [6.07, 6.45) is 8.53. The molecule has 0 aliphatic heterocycles. The van der Waals surface area contributed by atoms with E-state index in [0.717, 1.165) is 12.5 Å².